The van der Waals surface area contributed by atoms with Crippen LogP contribution in [0.15, 0.2) is 53.4 Å². The Morgan fingerprint density at radius 3 is 2.16 bits per heavy atom. The maximum absolute atomic E-state index is 12.1. The lowest BCUT2D eigenvalue weighted by Crippen LogP contribution is -2.22. The number of rotatable bonds is 8. The van der Waals surface area contributed by atoms with E-state index < -0.39 is 10.0 Å². The standard InChI is InChI=1S/C19H26N2O3S/c1-5-24-18-10-6-16(7-11-18)14-20-15(2)17-8-12-19(13-9-17)25(22,23)21(3)4/h6-13,15,20H,5,14H2,1-4H3. The van der Waals surface area contributed by atoms with Gasteiger partial charge in [0.15, 0.2) is 0 Å². The summed E-state index contributed by atoms with van der Waals surface area (Å²) >= 11 is 0. The van der Waals surface area contributed by atoms with Crippen LogP contribution in [0.4, 0.5) is 0 Å². The van der Waals surface area contributed by atoms with Crippen molar-refractivity contribution in [3.05, 3.63) is 59.7 Å². The highest BCUT2D eigenvalue weighted by atomic mass is 32.2. The van der Waals surface area contributed by atoms with E-state index in [2.05, 4.69) is 12.2 Å². The molecule has 0 fully saturated rings. The fraction of sp³-hybridized carbons (Fsp3) is 0.368. The van der Waals surface area contributed by atoms with Crippen molar-refractivity contribution in [1.82, 2.24) is 9.62 Å². The first-order valence-electron chi connectivity index (χ1n) is 8.32. The third-order valence-corrected chi connectivity index (χ3v) is 5.83. The molecule has 136 valence electrons. The molecular weight excluding hydrogens is 336 g/mol. The first kappa shape index (κ1) is 19.4. The van der Waals surface area contributed by atoms with E-state index in [0.29, 0.717) is 11.5 Å². The highest BCUT2D eigenvalue weighted by Gasteiger charge is 2.17. The molecule has 0 aliphatic carbocycles. The Labute approximate surface area is 150 Å². The second-order valence-electron chi connectivity index (χ2n) is 6.04. The van der Waals surface area contributed by atoms with Gasteiger partial charge in [-0.05, 0) is 49.2 Å². The van der Waals surface area contributed by atoms with Crippen LogP contribution in [-0.2, 0) is 16.6 Å². The van der Waals surface area contributed by atoms with Gasteiger partial charge in [-0.25, -0.2) is 12.7 Å². The Morgan fingerprint density at radius 1 is 1.04 bits per heavy atom. The van der Waals surface area contributed by atoms with Crippen LogP contribution >= 0.6 is 0 Å². The molecule has 1 atom stereocenters. The minimum Gasteiger partial charge on any atom is -0.494 e. The number of ether oxygens (including phenoxy) is 1. The molecule has 2 aromatic carbocycles. The second kappa shape index (κ2) is 8.47. The molecular formula is C19H26N2O3S. The van der Waals surface area contributed by atoms with Crippen LogP contribution in [0.1, 0.15) is 31.0 Å². The molecule has 6 heteroatoms. The lowest BCUT2D eigenvalue weighted by Gasteiger charge is -2.16. The molecule has 0 saturated carbocycles. The van der Waals surface area contributed by atoms with Crippen LogP contribution in [0.2, 0.25) is 0 Å². The lowest BCUT2D eigenvalue weighted by atomic mass is 10.1. The molecule has 0 spiro atoms. The summed E-state index contributed by atoms with van der Waals surface area (Å²) in [5, 5.41) is 3.45. The Balaban J connectivity index is 1.98. The molecule has 25 heavy (non-hydrogen) atoms. The Kier molecular flexibility index (Phi) is 6.58. The van der Waals surface area contributed by atoms with Gasteiger partial charge in [0.1, 0.15) is 5.75 Å². The molecule has 0 saturated heterocycles. The van der Waals surface area contributed by atoms with Gasteiger partial charge in [0.05, 0.1) is 11.5 Å². The summed E-state index contributed by atoms with van der Waals surface area (Å²) in [7, 11) is -0.318. The molecule has 0 bridgehead atoms. The van der Waals surface area contributed by atoms with Crippen molar-refractivity contribution in [1.29, 1.82) is 0 Å². The van der Waals surface area contributed by atoms with Crippen LogP contribution in [0.3, 0.4) is 0 Å². The first-order chi connectivity index (χ1) is 11.8. The van der Waals surface area contributed by atoms with Crippen molar-refractivity contribution in [2.45, 2.75) is 31.3 Å². The van der Waals surface area contributed by atoms with E-state index in [1.54, 1.807) is 12.1 Å². The van der Waals surface area contributed by atoms with Crippen LogP contribution in [0.5, 0.6) is 5.75 Å². The van der Waals surface area contributed by atoms with Gasteiger partial charge in [0, 0.05) is 26.7 Å². The van der Waals surface area contributed by atoms with E-state index in [9.17, 15) is 8.42 Å². The van der Waals surface area contributed by atoms with E-state index >= 15 is 0 Å². The van der Waals surface area contributed by atoms with E-state index in [-0.39, 0.29) is 6.04 Å². The minimum absolute atomic E-state index is 0.114. The molecule has 0 heterocycles. The molecule has 0 aromatic heterocycles. The smallest absolute Gasteiger partial charge is 0.242 e. The summed E-state index contributed by atoms with van der Waals surface area (Å²) < 4.78 is 30.9. The van der Waals surface area contributed by atoms with E-state index in [0.717, 1.165) is 17.9 Å². The molecule has 0 aliphatic rings. The van der Waals surface area contributed by atoms with Crippen LogP contribution in [-0.4, -0.2) is 33.4 Å². The highest BCUT2D eigenvalue weighted by Crippen LogP contribution is 2.19. The average Bonchev–Trinajstić information content (AvgIpc) is 2.61. The SMILES string of the molecule is CCOc1ccc(CNC(C)c2ccc(S(=O)(=O)N(C)C)cc2)cc1. The molecule has 1 unspecified atom stereocenters. The number of hydrogen-bond donors (Lipinski definition) is 1. The summed E-state index contributed by atoms with van der Waals surface area (Å²) in [6, 6.07) is 15.1. The monoisotopic (exact) mass is 362 g/mol. The van der Waals surface area contributed by atoms with Crippen molar-refractivity contribution in [3.63, 3.8) is 0 Å². The van der Waals surface area contributed by atoms with E-state index in [1.165, 1.54) is 24.0 Å². The second-order valence-corrected chi connectivity index (χ2v) is 8.19. The predicted molar refractivity (Wildman–Crippen MR) is 100 cm³/mol. The molecule has 1 N–H and O–H groups in total. The van der Waals surface area contributed by atoms with Gasteiger partial charge in [0.2, 0.25) is 10.0 Å². The Hall–Kier alpha value is -1.89. The molecule has 0 amide bonds. The zero-order valence-corrected chi connectivity index (χ0v) is 16.0. The van der Waals surface area contributed by atoms with Crippen molar-refractivity contribution >= 4 is 10.0 Å². The summed E-state index contributed by atoms with van der Waals surface area (Å²) in [6.45, 7) is 5.41. The maximum Gasteiger partial charge on any atom is 0.242 e. The minimum atomic E-state index is -3.38. The fourth-order valence-corrected chi connectivity index (χ4v) is 3.30. The third-order valence-electron chi connectivity index (χ3n) is 4.01. The average molecular weight is 362 g/mol. The zero-order valence-electron chi connectivity index (χ0n) is 15.2. The Morgan fingerprint density at radius 2 is 1.64 bits per heavy atom. The molecule has 0 aliphatic heterocycles. The number of sulfonamides is 1. The third kappa shape index (κ3) is 5.04. The molecule has 5 nitrogen and oxygen atoms in total. The van der Waals surface area contributed by atoms with Crippen molar-refractivity contribution in [3.8, 4) is 5.75 Å². The normalized spacial score (nSPS) is 13.0. The number of nitrogens with zero attached hydrogens (tertiary/aromatic N) is 1. The lowest BCUT2D eigenvalue weighted by molar-refractivity contribution is 0.340. The van der Waals surface area contributed by atoms with Gasteiger partial charge in [-0.2, -0.15) is 0 Å². The van der Waals surface area contributed by atoms with Gasteiger partial charge in [-0.15, -0.1) is 0 Å². The van der Waals surface area contributed by atoms with Gasteiger partial charge in [0.25, 0.3) is 0 Å². The number of benzene rings is 2. The largest absolute Gasteiger partial charge is 0.494 e. The summed E-state index contributed by atoms with van der Waals surface area (Å²) in [5.41, 5.74) is 2.21. The van der Waals surface area contributed by atoms with Crippen molar-refractivity contribution in [2.24, 2.45) is 0 Å². The zero-order chi connectivity index (χ0) is 18.4. The van der Waals surface area contributed by atoms with Crippen LogP contribution in [0.25, 0.3) is 0 Å². The van der Waals surface area contributed by atoms with Gasteiger partial charge in [-0.3, -0.25) is 0 Å². The van der Waals surface area contributed by atoms with Crippen molar-refractivity contribution in [2.75, 3.05) is 20.7 Å². The van der Waals surface area contributed by atoms with Crippen LogP contribution in [0, 0.1) is 0 Å². The van der Waals surface area contributed by atoms with Crippen molar-refractivity contribution < 1.29 is 13.2 Å². The molecule has 2 aromatic rings. The van der Waals surface area contributed by atoms with E-state index in [1.807, 2.05) is 43.3 Å². The summed E-state index contributed by atoms with van der Waals surface area (Å²) in [6.07, 6.45) is 0. The summed E-state index contributed by atoms with van der Waals surface area (Å²) in [4.78, 5) is 0.306. The molecule has 2 rings (SSSR count). The fourth-order valence-electron chi connectivity index (χ4n) is 2.40. The quantitative estimate of drug-likeness (QED) is 0.783. The highest BCUT2D eigenvalue weighted by molar-refractivity contribution is 7.89. The van der Waals surface area contributed by atoms with Gasteiger partial charge >= 0.3 is 0 Å². The van der Waals surface area contributed by atoms with Gasteiger partial charge in [-0.1, -0.05) is 24.3 Å². The predicted octanol–water partition coefficient (Wildman–Crippen LogP) is 3.19. The first-order valence-corrected chi connectivity index (χ1v) is 9.76. The number of hydrogen-bond acceptors (Lipinski definition) is 4. The van der Waals surface area contributed by atoms with Crippen LogP contribution < -0.4 is 10.1 Å². The molecule has 0 radical (unpaired) electrons. The Bertz CT molecular complexity index is 769. The topological polar surface area (TPSA) is 58.6 Å². The summed E-state index contributed by atoms with van der Waals surface area (Å²) in [5.74, 6) is 0.872. The maximum atomic E-state index is 12.1. The number of nitrogens with one attached hydrogen (secondary N) is 1. The van der Waals surface area contributed by atoms with Gasteiger partial charge < -0.3 is 10.1 Å². The van der Waals surface area contributed by atoms with E-state index in [4.69, 9.17) is 4.74 Å².